The monoisotopic (exact) mass is 359 g/mol. The highest BCUT2D eigenvalue weighted by atomic mass is 16.7. The Labute approximate surface area is 152 Å². The van der Waals surface area contributed by atoms with Crippen LogP contribution in [0.25, 0.3) is 0 Å². The molecule has 3 N–H and O–H groups in total. The minimum absolute atomic E-state index is 0.159. The van der Waals surface area contributed by atoms with Crippen molar-refractivity contribution in [1.29, 1.82) is 0 Å². The summed E-state index contributed by atoms with van der Waals surface area (Å²) < 4.78 is 12.1. The minimum Gasteiger partial charge on any atom is -0.448 e. The predicted molar refractivity (Wildman–Crippen MR) is 95.9 cm³/mol. The molecule has 0 aromatic heterocycles. The molecule has 140 valence electrons. The fraction of sp³-hybridized carbons (Fsp3) is 0.579. The van der Waals surface area contributed by atoms with Crippen LogP contribution in [0.15, 0.2) is 18.2 Å². The molecule has 1 saturated heterocycles. The molecule has 2 amide bonds. The lowest BCUT2D eigenvalue weighted by atomic mass is 9.94. The van der Waals surface area contributed by atoms with E-state index in [1.54, 1.807) is 0 Å². The van der Waals surface area contributed by atoms with E-state index in [0.717, 1.165) is 37.9 Å². The number of nitrogens with two attached hydrogens (primary N) is 1. The van der Waals surface area contributed by atoms with Crippen LogP contribution in [0.1, 0.15) is 44.9 Å². The first-order chi connectivity index (χ1) is 12.5. The minimum atomic E-state index is -0.520. The third-order valence-electron chi connectivity index (χ3n) is 5.47. The molecule has 2 fully saturated rings. The summed E-state index contributed by atoms with van der Waals surface area (Å²) >= 11 is 0. The predicted octanol–water partition coefficient (Wildman–Crippen LogP) is 2.01. The summed E-state index contributed by atoms with van der Waals surface area (Å²) in [4.78, 5) is 25.6. The van der Waals surface area contributed by atoms with E-state index >= 15 is 0 Å². The lowest BCUT2D eigenvalue weighted by Gasteiger charge is -2.31. The van der Waals surface area contributed by atoms with Crippen LogP contribution in [-0.2, 0) is 9.59 Å². The van der Waals surface area contributed by atoms with Crippen molar-refractivity contribution < 1.29 is 19.1 Å². The average Bonchev–Trinajstić information content (AvgIpc) is 3.19. The largest absolute Gasteiger partial charge is 0.448 e. The normalized spacial score (nSPS) is 23.9. The molecule has 1 atom stereocenters. The molecule has 0 radical (unpaired) electrons. The van der Waals surface area contributed by atoms with Gasteiger partial charge in [-0.3, -0.25) is 14.5 Å². The van der Waals surface area contributed by atoms with Gasteiger partial charge in [0.2, 0.25) is 11.8 Å². The summed E-state index contributed by atoms with van der Waals surface area (Å²) in [6.45, 7) is 0.872. The smallest absolute Gasteiger partial charge is 0.251 e. The van der Waals surface area contributed by atoms with Crippen LogP contribution >= 0.6 is 0 Å². The zero-order valence-electron chi connectivity index (χ0n) is 14.8. The molecule has 1 spiro atoms. The first-order valence-electron chi connectivity index (χ1n) is 9.40. The second-order valence-electron chi connectivity index (χ2n) is 7.42. The van der Waals surface area contributed by atoms with Crippen molar-refractivity contribution in [1.82, 2.24) is 4.90 Å². The summed E-state index contributed by atoms with van der Waals surface area (Å²) in [6.07, 6.45) is 6.82. The molecule has 7 heteroatoms. The van der Waals surface area contributed by atoms with Gasteiger partial charge in [-0.05, 0) is 44.4 Å². The summed E-state index contributed by atoms with van der Waals surface area (Å²) in [6, 6.07) is 5.13. The van der Waals surface area contributed by atoms with Crippen LogP contribution in [0, 0.1) is 0 Å². The number of anilines is 1. The summed E-state index contributed by atoms with van der Waals surface area (Å²) in [5, 5.41) is 2.88. The Morgan fingerprint density at radius 1 is 1.15 bits per heavy atom. The number of hydrogen-bond acceptors (Lipinski definition) is 5. The fourth-order valence-electron chi connectivity index (χ4n) is 4.19. The van der Waals surface area contributed by atoms with Crippen molar-refractivity contribution in [2.24, 2.45) is 5.73 Å². The van der Waals surface area contributed by atoms with Gasteiger partial charge in [-0.2, -0.15) is 0 Å². The van der Waals surface area contributed by atoms with Gasteiger partial charge >= 0.3 is 0 Å². The quantitative estimate of drug-likeness (QED) is 0.858. The molecule has 1 aromatic carbocycles. The molecular formula is C19H25N3O4. The first-order valence-corrected chi connectivity index (χ1v) is 9.40. The number of carbonyl (C=O) groups excluding carboxylic acids is 2. The van der Waals surface area contributed by atoms with Crippen molar-refractivity contribution in [3.63, 3.8) is 0 Å². The number of benzene rings is 1. The van der Waals surface area contributed by atoms with Gasteiger partial charge in [0.15, 0.2) is 11.5 Å². The van der Waals surface area contributed by atoms with Crippen molar-refractivity contribution >= 4 is 17.5 Å². The van der Waals surface area contributed by atoms with Crippen molar-refractivity contribution in [2.75, 3.05) is 18.4 Å². The number of ether oxygens (including phenoxy) is 2. The maximum Gasteiger partial charge on any atom is 0.251 e. The van der Waals surface area contributed by atoms with Gasteiger partial charge in [0, 0.05) is 24.6 Å². The van der Waals surface area contributed by atoms with E-state index in [-0.39, 0.29) is 24.4 Å². The summed E-state index contributed by atoms with van der Waals surface area (Å²) in [5.41, 5.74) is 6.07. The number of carbonyl (C=O) groups is 2. The molecule has 26 heavy (non-hydrogen) atoms. The van der Waals surface area contributed by atoms with Crippen LogP contribution < -0.4 is 20.5 Å². The van der Waals surface area contributed by atoms with Gasteiger partial charge < -0.3 is 20.5 Å². The second-order valence-corrected chi connectivity index (χ2v) is 7.42. The molecule has 1 aromatic rings. The van der Waals surface area contributed by atoms with Crippen LogP contribution in [0.3, 0.4) is 0 Å². The topological polar surface area (TPSA) is 93.9 Å². The Kier molecular flexibility index (Phi) is 4.48. The Hall–Kier alpha value is -2.28. The molecule has 2 heterocycles. The zero-order chi connectivity index (χ0) is 18.1. The third kappa shape index (κ3) is 3.35. The molecule has 1 saturated carbocycles. The van der Waals surface area contributed by atoms with Crippen molar-refractivity contribution in [3.05, 3.63) is 18.2 Å². The van der Waals surface area contributed by atoms with E-state index in [0.29, 0.717) is 24.4 Å². The van der Waals surface area contributed by atoms with Crippen LogP contribution in [-0.4, -0.2) is 41.6 Å². The van der Waals surface area contributed by atoms with Gasteiger partial charge in [0.25, 0.3) is 5.79 Å². The van der Waals surface area contributed by atoms with E-state index in [4.69, 9.17) is 15.2 Å². The Balaban J connectivity index is 1.39. The van der Waals surface area contributed by atoms with E-state index in [1.807, 2.05) is 23.1 Å². The molecule has 0 unspecified atom stereocenters. The highest BCUT2D eigenvalue weighted by molar-refractivity contribution is 5.93. The molecule has 1 aliphatic carbocycles. The number of amides is 2. The number of hydrogen-bond donors (Lipinski definition) is 2. The molecule has 0 bridgehead atoms. The van der Waals surface area contributed by atoms with Crippen LogP contribution in [0.5, 0.6) is 11.5 Å². The van der Waals surface area contributed by atoms with Gasteiger partial charge in [-0.1, -0.05) is 6.42 Å². The zero-order valence-corrected chi connectivity index (χ0v) is 14.8. The molecule has 2 aliphatic heterocycles. The number of fused-ring (bicyclic) bond motifs is 1. The van der Waals surface area contributed by atoms with E-state index in [2.05, 4.69) is 5.32 Å². The highest BCUT2D eigenvalue weighted by Gasteiger charge is 2.42. The Morgan fingerprint density at radius 2 is 1.92 bits per heavy atom. The maximum atomic E-state index is 12.4. The van der Waals surface area contributed by atoms with Gasteiger partial charge in [-0.25, -0.2) is 0 Å². The Bertz CT molecular complexity index is 715. The van der Waals surface area contributed by atoms with Gasteiger partial charge in [0.1, 0.15) is 0 Å². The molecular weight excluding hydrogens is 334 g/mol. The van der Waals surface area contributed by atoms with E-state index in [1.165, 1.54) is 6.42 Å². The number of nitrogens with one attached hydrogen (secondary N) is 1. The van der Waals surface area contributed by atoms with Gasteiger partial charge in [0.05, 0.1) is 12.6 Å². The van der Waals surface area contributed by atoms with E-state index in [9.17, 15) is 9.59 Å². The average molecular weight is 359 g/mol. The standard InChI is InChI=1S/C19H25N3O4/c20-18(24)14-5-4-10-22(14)12-17(23)21-13-6-7-15-16(11-13)26-19(25-15)8-2-1-3-9-19/h6-7,11,14H,1-5,8-10,12H2,(H2,20,24)(H,21,23)/t14-/m0/s1. The second kappa shape index (κ2) is 6.79. The number of likely N-dealkylation sites (tertiary alicyclic amines) is 1. The van der Waals surface area contributed by atoms with Gasteiger partial charge in [-0.15, -0.1) is 0 Å². The lowest BCUT2D eigenvalue weighted by Crippen LogP contribution is -2.43. The molecule has 7 nitrogen and oxygen atoms in total. The van der Waals surface area contributed by atoms with E-state index < -0.39 is 5.79 Å². The lowest BCUT2D eigenvalue weighted by molar-refractivity contribution is -0.123. The number of rotatable bonds is 4. The van der Waals surface area contributed by atoms with Crippen LogP contribution in [0.4, 0.5) is 5.69 Å². The Morgan fingerprint density at radius 3 is 2.69 bits per heavy atom. The van der Waals surface area contributed by atoms with Crippen LogP contribution in [0.2, 0.25) is 0 Å². The molecule has 3 aliphatic rings. The first kappa shape index (κ1) is 17.1. The third-order valence-corrected chi connectivity index (χ3v) is 5.47. The maximum absolute atomic E-state index is 12.4. The molecule has 4 rings (SSSR count). The highest BCUT2D eigenvalue weighted by Crippen LogP contribution is 2.46. The number of nitrogens with zero attached hydrogens (tertiary/aromatic N) is 1. The number of primary amides is 1. The summed E-state index contributed by atoms with van der Waals surface area (Å²) in [7, 11) is 0. The summed E-state index contributed by atoms with van der Waals surface area (Å²) in [5.74, 6) is 0.368. The fourth-order valence-corrected chi connectivity index (χ4v) is 4.19. The van der Waals surface area contributed by atoms with Crippen molar-refractivity contribution in [2.45, 2.75) is 56.8 Å². The SMILES string of the molecule is NC(=O)[C@@H]1CCCN1CC(=O)Nc1ccc2c(c1)OC1(CCCCC1)O2. The van der Waals surface area contributed by atoms with Crippen molar-refractivity contribution in [3.8, 4) is 11.5 Å².